The first kappa shape index (κ1) is 11.6. The molecule has 1 heterocycles. The molecule has 0 aliphatic carbocycles. The number of nitrogens with zero attached hydrogens (tertiary/aromatic N) is 1. The van der Waals surface area contributed by atoms with Crippen LogP contribution in [0.15, 0.2) is 29.2 Å². The van der Waals surface area contributed by atoms with E-state index in [1.807, 2.05) is 6.92 Å². The molecule has 1 saturated heterocycles. The summed E-state index contributed by atoms with van der Waals surface area (Å²) in [5.74, 6) is 0. The second-order valence-corrected chi connectivity index (χ2v) is 6.09. The van der Waals surface area contributed by atoms with E-state index in [4.69, 9.17) is 0 Å². The lowest BCUT2D eigenvalue weighted by atomic mass is 10.2. The highest BCUT2D eigenvalue weighted by molar-refractivity contribution is 7.89. The topological polar surface area (TPSA) is 57.4 Å². The third-order valence-electron chi connectivity index (χ3n) is 2.79. The minimum Gasteiger partial charge on any atom is -0.392 e. The normalized spacial score (nSPS) is 26.4. The highest BCUT2D eigenvalue weighted by Gasteiger charge is 2.47. The fourth-order valence-corrected chi connectivity index (χ4v) is 3.28. The summed E-state index contributed by atoms with van der Waals surface area (Å²) < 4.78 is 25.4. The molecule has 3 atom stereocenters. The molecule has 1 aliphatic heterocycles. The summed E-state index contributed by atoms with van der Waals surface area (Å²) in [7, 11) is -3.40. The summed E-state index contributed by atoms with van der Waals surface area (Å²) in [6.45, 7) is 3.93. The van der Waals surface area contributed by atoms with Crippen LogP contribution in [-0.4, -0.2) is 36.5 Å². The second-order valence-electron chi connectivity index (χ2n) is 4.20. The molecule has 0 saturated carbocycles. The number of rotatable bonds is 3. The Hall–Kier alpha value is -0.910. The summed E-state index contributed by atoms with van der Waals surface area (Å²) in [5, 5.41) is 9.31. The Labute approximate surface area is 95.6 Å². The van der Waals surface area contributed by atoms with Crippen LogP contribution < -0.4 is 0 Å². The summed E-state index contributed by atoms with van der Waals surface area (Å²) in [6, 6.07) is 6.48. The van der Waals surface area contributed by atoms with E-state index in [-0.39, 0.29) is 6.04 Å². The molecule has 1 fully saturated rings. The summed E-state index contributed by atoms with van der Waals surface area (Å²) >= 11 is 0. The Morgan fingerprint density at radius 2 is 1.94 bits per heavy atom. The van der Waals surface area contributed by atoms with E-state index in [2.05, 4.69) is 0 Å². The Morgan fingerprint density at radius 3 is 2.38 bits per heavy atom. The van der Waals surface area contributed by atoms with E-state index in [0.29, 0.717) is 11.4 Å². The van der Waals surface area contributed by atoms with Crippen LogP contribution in [0.5, 0.6) is 0 Å². The first-order valence-electron chi connectivity index (χ1n) is 5.19. The standard InChI is InChI=1S/C11H15NO3S/c1-8-3-5-10(6-4-8)16(14,15)12-7-11(12)9(2)13/h3-6,9,11,13H,7H2,1-2H3/t9-,11+,12?/m0/s1. The van der Waals surface area contributed by atoms with E-state index in [1.54, 1.807) is 31.2 Å². The van der Waals surface area contributed by atoms with Gasteiger partial charge in [0.2, 0.25) is 10.0 Å². The van der Waals surface area contributed by atoms with Crippen molar-refractivity contribution in [2.45, 2.75) is 30.9 Å². The number of aliphatic hydroxyl groups excluding tert-OH is 1. The van der Waals surface area contributed by atoms with Crippen molar-refractivity contribution in [1.29, 1.82) is 0 Å². The number of benzene rings is 1. The van der Waals surface area contributed by atoms with Crippen LogP contribution >= 0.6 is 0 Å². The van der Waals surface area contributed by atoms with Crippen molar-refractivity contribution in [2.24, 2.45) is 0 Å². The summed E-state index contributed by atoms with van der Waals surface area (Å²) in [5.41, 5.74) is 1.02. The first-order valence-corrected chi connectivity index (χ1v) is 6.63. The minimum atomic E-state index is -3.40. The van der Waals surface area contributed by atoms with Crippen molar-refractivity contribution in [3.63, 3.8) is 0 Å². The second kappa shape index (κ2) is 3.84. The lowest BCUT2D eigenvalue weighted by molar-refractivity contribution is 0.185. The zero-order valence-corrected chi connectivity index (χ0v) is 10.1. The lowest BCUT2D eigenvalue weighted by Gasteiger charge is -2.07. The molecule has 1 aliphatic rings. The molecule has 5 heteroatoms. The van der Waals surface area contributed by atoms with Crippen LogP contribution in [0.2, 0.25) is 0 Å². The SMILES string of the molecule is Cc1ccc(S(=O)(=O)N2C[C@@H]2[C@H](C)O)cc1. The molecule has 0 amide bonds. The van der Waals surface area contributed by atoms with Gasteiger partial charge in [-0.2, -0.15) is 4.31 Å². The Balaban J connectivity index is 2.24. The third kappa shape index (κ3) is 1.98. The fraction of sp³-hybridized carbons (Fsp3) is 0.455. The Morgan fingerprint density at radius 1 is 1.38 bits per heavy atom. The number of aryl methyl sites for hydroxylation is 1. The molecule has 16 heavy (non-hydrogen) atoms. The summed E-state index contributed by atoms with van der Waals surface area (Å²) in [4.78, 5) is 0.293. The maximum Gasteiger partial charge on any atom is 0.243 e. The molecule has 2 rings (SSSR count). The van der Waals surface area contributed by atoms with Gasteiger partial charge in [-0.3, -0.25) is 0 Å². The van der Waals surface area contributed by atoms with Crippen LogP contribution in [0.4, 0.5) is 0 Å². The van der Waals surface area contributed by atoms with E-state index in [0.717, 1.165) is 5.56 Å². The summed E-state index contributed by atoms with van der Waals surface area (Å²) in [6.07, 6.45) is -0.611. The molecular formula is C11H15NO3S. The van der Waals surface area contributed by atoms with Crippen LogP contribution in [0.3, 0.4) is 0 Å². The van der Waals surface area contributed by atoms with Crippen LogP contribution in [0, 0.1) is 6.92 Å². The molecule has 4 nitrogen and oxygen atoms in total. The molecule has 0 bridgehead atoms. The van der Waals surface area contributed by atoms with Crippen molar-refractivity contribution in [3.8, 4) is 0 Å². The van der Waals surface area contributed by atoms with Gasteiger partial charge in [-0.05, 0) is 26.0 Å². The van der Waals surface area contributed by atoms with Crippen LogP contribution in [-0.2, 0) is 10.0 Å². The molecule has 1 aromatic carbocycles. The van der Waals surface area contributed by atoms with Gasteiger partial charge in [-0.25, -0.2) is 8.42 Å². The third-order valence-corrected chi connectivity index (χ3v) is 4.69. The van der Waals surface area contributed by atoms with E-state index in [9.17, 15) is 13.5 Å². The predicted molar refractivity (Wildman–Crippen MR) is 60.5 cm³/mol. The predicted octanol–water partition coefficient (Wildman–Crippen LogP) is 0.749. The quantitative estimate of drug-likeness (QED) is 0.794. The van der Waals surface area contributed by atoms with Gasteiger partial charge in [-0.15, -0.1) is 0 Å². The van der Waals surface area contributed by atoms with Gasteiger partial charge in [-0.1, -0.05) is 17.7 Å². The van der Waals surface area contributed by atoms with Gasteiger partial charge < -0.3 is 5.11 Å². The van der Waals surface area contributed by atoms with Crippen molar-refractivity contribution in [2.75, 3.05) is 6.54 Å². The van der Waals surface area contributed by atoms with E-state index < -0.39 is 16.1 Å². The maximum absolute atomic E-state index is 12.0. The van der Waals surface area contributed by atoms with Gasteiger partial charge in [0.05, 0.1) is 17.0 Å². The molecule has 88 valence electrons. The zero-order chi connectivity index (χ0) is 11.9. The lowest BCUT2D eigenvalue weighted by Crippen LogP contribution is -2.20. The largest absolute Gasteiger partial charge is 0.392 e. The smallest absolute Gasteiger partial charge is 0.243 e. The molecule has 0 spiro atoms. The van der Waals surface area contributed by atoms with Crippen LogP contribution in [0.1, 0.15) is 12.5 Å². The van der Waals surface area contributed by atoms with Crippen molar-refractivity contribution >= 4 is 10.0 Å². The average molecular weight is 241 g/mol. The minimum absolute atomic E-state index is 0.258. The molecule has 1 unspecified atom stereocenters. The van der Waals surface area contributed by atoms with Crippen molar-refractivity contribution < 1.29 is 13.5 Å². The zero-order valence-electron chi connectivity index (χ0n) is 9.29. The van der Waals surface area contributed by atoms with Gasteiger partial charge in [0.1, 0.15) is 0 Å². The Bertz CT molecular complexity index is 478. The van der Waals surface area contributed by atoms with Gasteiger partial charge >= 0.3 is 0 Å². The molecule has 1 N–H and O–H groups in total. The Kier molecular flexibility index (Phi) is 2.77. The average Bonchev–Trinajstić information content (AvgIpc) is 2.98. The highest BCUT2D eigenvalue weighted by atomic mass is 32.2. The molecular weight excluding hydrogens is 226 g/mol. The van der Waals surface area contributed by atoms with Crippen molar-refractivity contribution in [3.05, 3.63) is 29.8 Å². The van der Waals surface area contributed by atoms with Gasteiger partial charge in [0.25, 0.3) is 0 Å². The number of hydrogen-bond donors (Lipinski definition) is 1. The molecule has 1 aromatic rings. The highest BCUT2D eigenvalue weighted by Crippen LogP contribution is 2.30. The maximum atomic E-state index is 12.0. The molecule has 0 aromatic heterocycles. The monoisotopic (exact) mass is 241 g/mol. The van der Waals surface area contributed by atoms with Crippen molar-refractivity contribution in [1.82, 2.24) is 4.31 Å². The van der Waals surface area contributed by atoms with Gasteiger partial charge in [0, 0.05) is 6.54 Å². The van der Waals surface area contributed by atoms with E-state index >= 15 is 0 Å². The van der Waals surface area contributed by atoms with Crippen LogP contribution in [0.25, 0.3) is 0 Å². The number of hydrogen-bond acceptors (Lipinski definition) is 3. The first-order chi connectivity index (χ1) is 7.43. The number of aliphatic hydroxyl groups is 1. The van der Waals surface area contributed by atoms with E-state index in [1.165, 1.54) is 4.31 Å². The molecule has 0 radical (unpaired) electrons. The fourth-order valence-electron chi connectivity index (χ4n) is 1.65. The number of sulfonamides is 1. The van der Waals surface area contributed by atoms with Gasteiger partial charge in [0.15, 0.2) is 0 Å².